The topological polar surface area (TPSA) is 108 Å². The van der Waals surface area contributed by atoms with E-state index in [1.165, 1.54) is 18.4 Å². The summed E-state index contributed by atoms with van der Waals surface area (Å²) in [5, 5.41) is 17.0. The number of urea groups is 1. The number of nitrogens with zero attached hydrogens (tertiary/aromatic N) is 1. The summed E-state index contributed by atoms with van der Waals surface area (Å²) >= 11 is 1.34. The van der Waals surface area contributed by atoms with Crippen LogP contribution in [0.5, 0.6) is 0 Å². The maximum atomic E-state index is 12.3. The lowest BCUT2D eigenvalue weighted by molar-refractivity contribution is -0.139. The van der Waals surface area contributed by atoms with Crippen molar-refractivity contribution in [2.75, 3.05) is 25.5 Å². The lowest BCUT2D eigenvalue weighted by atomic mass is 9.85. The number of thiophene rings is 1. The number of carboxylic acid groups (broad SMARTS) is 1. The minimum Gasteiger partial charge on any atom is -0.480 e. The van der Waals surface area contributed by atoms with Gasteiger partial charge in [-0.25, -0.2) is 9.59 Å². The number of esters is 1. The Morgan fingerprint density at radius 1 is 1.33 bits per heavy atom. The van der Waals surface area contributed by atoms with Crippen LogP contribution in [0.4, 0.5) is 9.80 Å². The number of ether oxygens (including phenoxy) is 1. The zero-order chi connectivity index (χ0) is 19.6. The first-order valence-electron chi connectivity index (χ1n) is 9.16. The van der Waals surface area contributed by atoms with Crippen molar-refractivity contribution in [3.63, 3.8) is 0 Å². The number of carboxylic acids is 1. The molecule has 0 bridgehead atoms. The van der Waals surface area contributed by atoms with E-state index in [2.05, 4.69) is 10.6 Å². The number of rotatable bonds is 8. The number of likely N-dealkylation sites (N-methyl/N-ethyl adjacent to an activating group) is 1. The van der Waals surface area contributed by atoms with E-state index < -0.39 is 11.9 Å². The predicted octanol–water partition coefficient (Wildman–Crippen LogP) is 2.47. The minimum absolute atomic E-state index is 0.00212. The van der Waals surface area contributed by atoms with Gasteiger partial charge in [-0.2, -0.15) is 0 Å². The molecule has 2 aliphatic rings. The minimum atomic E-state index is -0.842. The smallest absolute Gasteiger partial charge is 0.341 e. The van der Waals surface area contributed by atoms with E-state index in [-0.39, 0.29) is 24.7 Å². The van der Waals surface area contributed by atoms with E-state index in [1.807, 2.05) is 17.2 Å². The number of carbonyl (C=O) groups excluding carboxylic acids is 2. The number of methoxy groups -OCH3 is 1. The highest BCUT2D eigenvalue weighted by molar-refractivity contribution is 7.15. The molecular formula is C18H25N3O5S. The Hall–Kier alpha value is -2.13. The number of hydrogen-bond acceptors (Lipinski definition) is 6. The molecule has 3 N–H and O–H groups in total. The van der Waals surface area contributed by atoms with Crippen molar-refractivity contribution in [2.24, 2.45) is 0 Å². The first kappa shape index (κ1) is 19.6. The normalized spacial score (nSPS) is 21.4. The Bertz CT molecular complexity index is 725. The molecule has 148 valence electrons. The van der Waals surface area contributed by atoms with Crippen molar-refractivity contribution in [1.29, 1.82) is 0 Å². The molecule has 1 aromatic rings. The summed E-state index contributed by atoms with van der Waals surface area (Å²) < 4.78 is 4.88. The van der Waals surface area contributed by atoms with Crippen LogP contribution in [0.25, 0.3) is 0 Å². The van der Waals surface area contributed by atoms with Gasteiger partial charge >= 0.3 is 18.0 Å². The summed E-state index contributed by atoms with van der Waals surface area (Å²) in [4.78, 5) is 37.2. The summed E-state index contributed by atoms with van der Waals surface area (Å²) in [5.41, 5.74) is 1.42. The molecule has 8 nitrogen and oxygen atoms in total. The van der Waals surface area contributed by atoms with Gasteiger partial charge in [0.05, 0.1) is 19.2 Å². The molecule has 2 aliphatic carbocycles. The molecule has 9 heteroatoms. The van der Waals surface area contributed by atoms with E-state index >= 15 is 0 Å². The van der Waals surface area contributed by atoms with Crippen LogP contribution in [0.3, 0.4) is 0 Å². The fourth-order valence-corrected chi connectivity index (χ4v) is 4.50. The van der Waals surface area contributed by atoms with Crippen molar-refractivity contribution in [3.05, 3.63) is 16.5 Å². The van der Waals surface area contributed by atoms with Crippen LogP contribution in [0.15, 0.2) is 5.38 Å². The fraction of sp³-hybridized carbons (Fsp3) is 0.611. The van der Waals surface area contributed by atoms with E-state index in [0.29, 0.717) is 23.0 Å². The molecule has 0 atom stereocenters. The van der Waals surface area contributed by atoms with Crippen molar-refractivity contribution in [3.8, 4) is 0 Å². The molecule has 0 spiro atoms. The summed E-state index contributed by atoms with van der Waals surface area (Å²) in [7, 11) is 1.34. The summed E-state index contributed by atoms with van der Waals surface area (Å²) in [5.74, 6) is -0.884. The molecule has 0 unspecified atom stereocenters. The largest absolute Gasteiger partial charge is 0.480 e. The van der Waals surface area contributed by atoms with Crippen molar-refractivity contribution < 1.29 is 24.2 Å². The Morgan fingerprint density at radius 2 is 2.04 bits per heavy atom. The average Bonchev–Trinajstić information content (AvgIpc) is 3.36. The SMILES string of the molecule is CCN(CC(=O)O)C1CC(NC(=O)Nc2scc(C3CC3)c2C(=O)OC)C1. The van der Waals surface area contributed by atoms with E-state index in [1.54, 1.807) is 0 Å². The molecule has 3 rings (SSSR count). The van der Waals surface area contributed by atoms with Gasteiger partial charge < -0.3 is 15.2 Å². The number of nitrogens with one attached hydrogen (secondary N) is 2. The summed E-state index contributed by atoms with van der Waals surface area (Å²) in [6, 6.07) is -0.179. The molecule has 27 heavy (non-hydrogen) atoms. The van der Waals surface area contributed by atoms with Gasteiger partial charge in [-0.1, -0.05) is 6.92 Å². The third-order valence-electron chi connectivity index (χ3n) is 5.16. The third kappa shape index (κ3) is 4.59. The van der Waals surface area contributed by atoms with Gasteiger partial charge in [-0.15, -0.1) is 11.3 Å². The first-order chi connectivity index (χ1) is 12.9. The second-order valence-electron chi connectivity index (χ2n) is 7.04. The second kappa shape index (κ2) is 8.26. The highest BCUT2D eigenvalue weighted by Crippen LogP contribution is 2.46. The number of aliphatic carboxylic acids is 1. The van der Waals surface area contributed by atoms with Gasteiger partial charge in [0.15, 0.2) is 0 Å². The molecule has 2 saturated carbocycles. The van der Waals surface area contributed by atoms with Crippen molar-refractivity contribution in [2.45, 2.75) is 50.6 Å². The molecule has 0 aliphatic heterocycles. The predicted molar refractivity (Wildman–Crippen MR) is 101 cm³/mol. The maximum absolute atomic E-state index is 12.3. The van der Waals surface area contributed by atoms with Crippen LogP contribution < -0.4 is 10.6 Å². The van der Waals surface area contributed by atoms with Gasteiger partial charge in [-0.3, -0.25) is 15.0 Å². The van der Waals surface area contributed by atoms with Crippen LogP contribution in [-0.2, 0) is 9.53 Å². The Balaban J connectivity index is 1.54. The maximum Gasteiger partial charge on any atom is 0.341 e. The standard InChI is InChI=1S/C18H25N3O5S/c1-3-21(8-14(22)23)12-6-11(7-12)19-18(25)20-16-15(17(24)26-2)13(9-27-16)10-4-5-10/h9-12H,3-8H2,1-2H3,(H,22,23)(H2,19,20,25). The molecule has 1 aromatic heterocycles. The fourth-order valence-electron chi connectivity index (χ4n) is 3.47. The lowest BCUT2D eigenvalue weighted by Gasteiger charge is -2.42. The quantitative estimate of drug-likeness (QED) is 0.584. The Morgan fingerprint density at radius 3 is 2.59 bits per heavy atom. The molecule has 0 saturated heterocycles. The number of anilines is 1. The van der Waals surface area contributed by atoms with E-state index in [9.17, 15) is 14.4 Å². The van der Waals surface area contributed by atoms with Crippen molar-refractivity contribution >= 4 is 34.3 Å². The van der Waals surface area contributed by atoms with Crippen molar-refractivity contribution in [1.82, 2.24) is 10.2 Å². The summed E-state index contributed by atoms with van der Waals surface area (Å²) in [6.07, 6.45) is 3.55. The van der Waals surface area contributed by atoms with E-state index in [0.717, 1.165) is 31.2 Å². The van der Waals surface area contributed by atoms with Gasteiger partial charge in [0, 0.05) is 12.1 Å². The lowest BCUT2D eigenvalue weighted by Crippen LogP contribution is -2.55. The van der Waals surface area contributed by atoms with Gasteiger partial charge in [-0.05, 0) is 49.1 Å². The zero-order valence-electron chi connectivity index (χ0n) is 15.5. The summed E-state index contributed by atoms with van der Waals surface area (Å²) in [6.45, 7) is 2.61. The van der Waals surface area contributed by atoms with Gasteiger partial charge in [0.25, 0.3) is 0 Å². The number of hydrogen-bond donors (Lipinski definition) is 3. The second-order valence-corrected chi connectivity index (χ2v) is 7.92. The monoisotopic (exact) mass is 395 g/mol. The average molecular weight is 395 g/mol. The first-order valence-corrected chi connectivity index (χ1v) is 10.0. The van der Waals surface area contributed by atoms with Gasteiger partial charge in [0.2, 0.25) is 0 Å². The zero-order valence-corrected chi connectivity index (χ0v) is 16.3. The molecule has 0 aromatic carbocycles. The molecule has 2 fully saturated rings. The number of amides is 2. The highest BCUT2D eigenvalue weighted by Gasteiger charge is 2.35. The van der Waals surface area contributed by atoms with Crippen LogP contribution in [-0.4, -0.2) is 60.3 Å². The third-order valence-corrected chi connectivity index (χ3v) is 6.08. The molecule has 1 heterocycles. The van der Waals surface area contributed by atoms with E-state index in [4.69, 9.17) is 9.84 Å². The van der Waals surface area contributed by atoms with Crippen LogP contribution >= 0.6 is 11.3 Å². The Labute approximate surface area is 161 Å². The van der Waals surface area contributed by atoms with Crippen LogP contribution in [0, 0.1) is 0 Å². The Kier molecular flexibility index (Phi) is 6.01. The van der Waals surface area contributed by atoms with Crippen LogP contribution in [0.1, 0.15) is 54.4 Å². The molecular weight excluding hydrogens is 370 g/mol. The molecule has 2 amide bonds. The molecule has 0 radical (unpaired) electrons. The van der Waals surface area contributed by atoms with Crippen LogP contribution in [0.2, 0.25) is 0 Å². The van der Waals surface area contributed by atoms with Gasteiger partial charge in [0.1, 0.15) is 5.00 Å². The highest BCUT2D eigenvalue weighted by atomic mass is 32.1. The number of carbonyl (C=O) groups is 3.